The summed E-state index contributed by atoms with van der Waals surface area (Å²) in [5, 5.41) is 15.8. The number of fused-ring (bicyclic) bond motifs is 18. The second kappa shape index (κ2) is 13.7. The number of hydrogen-bond donors (Lipinski definition) is 0. The Morgan fingerprint density at radius 2 is 0.746 bits per heavy atom. The minimum absolute atomic E-state index is 0.0286. The fourth-order valence-electron chi connectivity index (χ4n) is 12.6. The topological polar surface area (TPSA) is 13.8 Å². The lowest BCUT2D eigenvalue weighted by molar-refractivity contribution is 0.590. The molecule has 0 fully saturated rings. The highest BCUT2D eigenvalue weighted by atomic mass is 15.0. The summed E-state index contributed by atoms with van der Waals surface area (Å²) in [6.07, 6.45) is 0. The molecule has 0 aliphatic carbocycles. The van der Waals surface area contributed by atoms with Crippen LogP contribution in [0.15, 0.2) is 152 Å². The van der Waals surface area contributed by atoms with Gasteiger partial charge in [0.25, 0.3) is 0 Å². The van der Waals surface area contributed by atoms with E-state index < -0.39 is 0 Å². The van der Waals surface area contributed by atoms with Crippen molar-refractivity contribution >= 4 is 109 Å². The van der Waals surface area contributed by atoms with E-state index in [9.17, 15) is 0 Å². The summed E-state index contributed by atoms with van der Waals surface area (Å²) >= 11 is 0. The fraction of sp³-hybridized carbons (Fsp3) is 0.235. The summed E-state index contributed by atoms with van der Waals surface area (Å²) in [5.74, 6) is 0. The second-order valence-electron chi connectivity index (χ2n) is 25.1. The third-order valence-corrected chi connectivity index (χ3v) is 16.5. The van der Waals surface area contributed by atoms with Gasteiger partial charge in [-0.2, -0.15) is 0 Å². The lowest BCUT2D eigenvalue weighted by Crippen LogP contribution is -2.11. The van der Waals surface area contributed by atoms with Crippen LogP contribution in [0, 0.1) is 0 Å². The van der Waals surface area contributed by atoms with Crippen molar-refractivity contribution in [3.63, 3.8) is 0 Å². The van der Waals surface area contributed by atoms with Gasteiger partial charge in [0.05, 0.1) is 44.1 Å². The number of benzene rings is 9. The Morgan fingerprint density at radius 1 is 0.282 bits per heavy atom. The van der Waals surface area contributed by atoms with Crippen molar-refractivity contribution in [1.29, 1.82) is 0 Å². The normalized spacial score (nSPS) is 13.6. The molecular formula is C68H61N3. The Balaban J connectivity index is 1.15. The fourth-order valence-corrected chi connectivity index (χ4v) is 12.6. The molecule has 5 heterocycles. The molecule has 0 radical (unpaired) electrons. The first kappa shape index (κ1) is 42.5. The van der Waals surface area contributed by atoms with Crippen LogP contribution in [0.4, 0.5) is 0 Å². The summed E-state index contributed by atoms with van der Waals surface area (Å²) in [7, 11) is 0. The molecule has 0 spiro atoms. The summed E-state index contributed by atoms with van der Waals surface area (Å²) in [6, 6.07) is 59.1. The molecule has 0 aliphatic heterocycles. The van der Waals surface area contributed by atoms with E-state index in [1.54, 1.807) is 0 Å². The number of rotatable bonds is 2. The molecule has 5 aromatic heterocycles. The zero-order valence-corrected chi connectivity index (χ0v) is 43.3. The zero-order valence-electron chi connectivity index (χ0n) is 43.3. The SMILES string of the molecule is CC(C)(C)c1ccc2c(c1)c1cc(C(C)(C)C)cc3c4c5ccc6c7cc(C(C)(C)C)cc8c9cc(C(C)(C)C)cc(-c%10ccc%11c(c%10)c%10ccccc%10n%11-c%10ccccc%10)c9n(c6c5ccc4n2c13)c87. The first-order valence-corrected chi connectivity index (χ1v) is 25.8. The van der Waals surface area contributed by atoms with E-state index in [0.29, 0.717) is 0 Å². The van der Waals surface area contributed by atoms with Gasteiger partial charge in [0, 0.05) is 70.5 Å². The van der Waals surface area contributed by atoms with E-state index >= 15 is 0 Å². The zero-order chi connectivity index (χ0) is 49.0. The summed E-state index contributed by atoms with van der Waals surface area (Å²) in [5.41, 5.74) is 19.2. The van der Waals surface area contributed by atoms with Gasteiger partial charge in [-0.3, -0.25) is 0 Å². The Kier molecular flexibility index (Phi) is 8.22. The molecule has 71 heavy (non-hydrogen) atoms. The highest BCUT2D eigenvalue weighted by Gasteiger charge is 2.30. The van der Waals surface area contributed by atoms with Crippen molar-refractivity contribution < 1.29 is 0 Å². The second-order valence-corrected chi connectivity index (χ2v) is 25.1. The number of aromatic nitrogens is 3. The molecule has 0 N–H and O–H groups in total. The molecule has 14 rings (SSSR count). The van der Waals surface area contributed by atoms with Crippen LogP contribution >= 0.6 is 0 Å². The van der Waals surface area contributed by atoms with Crippen molar-refractivity contribution in [2.75, 3.05) is 0 Å². The molecule has 14 aromatic rings. The van der Waals surface area contributed by atoms with E-state index in [0.717, 1.165) is 0 Å². The third-order valence-electron chi connectivity index (χ3n) is 16.5. The smallest absolute Gasteiger partial charge is 0.0621 e. The molecule has 0 atom stereocenters. The molecule has 0 saturated heterocycles. The van der Waals surface area contributed by atoms with E-state index in [-0.39, 0.29) is 21.7 Å². The highest BCUT2D eigenvalue weighted by molar-refractivity contribution is 6.34. The van der Waals surface area contributed by atoms with Crippen LogP contribution in [-0.4, -0.2) is 13.4 Å². The van der Waals surface area contributed by atoms with Gasteiger partial charge < -0.3 is 13.4 Å². The van der Waals surface area contributed by atoms with Crippen molar-refractivity contribution in [2.24, 2.45) is 0 Å². The van der Waals surface area contributed by atoms with Crippen LogP contribution in [0.5, 0.6) is 0 Å². The van der Waals surface area contributed by atoms with Gasteiger partial charge in [-0.05, 0) is 140 Å². The van der Waals surface area contributed by atoms with Gasteiger partial charge in [-0.15, -0.1) is 0 Å². The maximum atomic E-state index is 2.69. The largest absolute Gasteiger partial charge is 0.309 e. The highest BCUT2D eigenvalue weighted by Crippen LogP contribution is 2.51. The van der Waals surface area contributed by atoms with E-state index in [1.165, 1.54) is 148 Å². The Morgan fingerprint density at radius 3 is 1.44 bits per heavy atom. The summed E-state index contributed by atoms with van der Waals surface area (Å²) < 4.78 is 7.69. The number of para-hydroxylation sites is 2. The predicted molar refractivity (Wildman–Crippen MR) is 308 cm³/mol. The summed E-state index contributed by atoms with van der Waals surface area (Å²) in [4.78, 5) is 0. The molecule has 9 aromatic carbocycles. The maximum Gasteiger partial charge on any atom is 0.0621 e. The van der Waals surface area contributed by atoms with Crippen LogP contribution in [0.2, 0.25) is 0 Å². The Labute approximate surface area is 415 Å². The van der Waals surface area contributed by atoms with E-state index in [4.69, 9.17) is 0 Å². The molecule has 0 saturated carbocycles. The summed E-state index contributed by atoms with van der Waals surface area (Å²) in [6.45, 7) is 28.2. The molecule has 3 nitrogen and oxygen atoms in total. The molecule has 0 aliphatic rings. The third kappa shape index (κ3) is 5.78. The monoisotopic (exact) mass is 919 g/mol. The van der Waals surface area contributed by atoms with E-state index in [1.807, 2.05) is 0 Å². The van der Waals surface area contributed by atoms with Crippen molar-refractivity contribution in [3.8, 4) is 16.8 Å². The van der Waals surface area contributed by atoms with Crippen molar-refractivity contribution in [1.82, 2.24) is 13.4 Å². The van der Waals surface area contributed by atoms with Gasteiger partial charge in [-0.25, -0.2) is 0 Å². The average Bonchev–Trinajstić information content (AvgIpc) is 4.12. The lowest BCUT2D eigenvalue weighted by Gasteiger charge is -2.22. The minimum Gasteiger partial charge on any atom is -0.309 e. The van der Waals surface area contributed by atoms with Crippen LogP contribution in [0.3, 0.4) is 0 Å². The van der Waals surface area contributed by atoms with Gasteiger partial charge in [0.2, 0.25) is 0 Å². The standard InChI is InChI=1S/C68H61N3/c1-65(2,3)39-23-28-58-50(31-39)52-34-42(68(10,11)12)37-55-60-45-24-25-47-51-33-41(67(7,8)9)36-54-53-35-40(66(4,5)6)32-48(62(53)71(63(51)54)61(47)46(45)26-29-59(60)70(58)64(52)55)38-22-27-57-49(30-38)44-20-16-17-21-56(44)69(57)43-18-14-13-15-19-43/h13-37H,1-12H3. The molecule has 0 unspecified atom stereocenters. The minimum atomic E-state index is -0.0769. The quantitative estimate of drug-likeness (QED) is 0.164. The Hall–Kier alpha value is -7.36. The molecular weight excluding hydrogens is 859 g/mol. The Bertz CT molecular complexity index is 4580. The maximum absolute atomic E-state index is 2.69. The van der Waals surface area contributed by atoms with Gasteiger partial charge in [0.1, 0.15) is 0 Å². The van der Waals surface area contributed by atoms with E-state index in [2.05, 4.69) is 248 Å². The van der Waals surface area contributed by atoms with Crippen LogP contribution in [-0.2, 0) is 21.7 Å². The lowest BCUT2D eigenvalue weighted by atomic mass is 9.83. The molecule has 0 amide bonds. The molecule has 348 valence electrons. The van der Waals surface area contributed by atoms with Crippen molar-refractivity contribution in [3.05, 3.63) is 174 Å². The van der Waals surface area contributed by atoms with Gasteiger partial charge in [0.15, 0.2) is 0 Å². The first-order valence-electron chi connectivity index (χ1n) is 25.8. The molecule has 3 heteroatoms. The average molecular weight is 920 g/mol. The van der Waals surface area contributed by atoms with Crippen LogP contribution < -0.4 is 0 Å². The van der Waals surface area contributed by atoms with Crippen LogP contribution in [0.1, 0.15) is 105 Å². The number of nitrogens with zero attached hydrogens (tertiary/aromatic N) is 3. The first-order chi connectivity index (χ1) is 33.8. The van der Waals surface area contributed by atoms with Gasteiger partial charge >= 0.3 is 0 Å². The number of hydrogen-bond acceptors (Lipinski definition) is 0. The van der Waals surface area contributed by atoms with Crippen LogP contribution in [0.25, 0.3) is 126 Å². The molecule has 0 bridgehead atoms. The van der Waals surface area contributed by atoms with Crippen molar-refractivity contribution in [2.45, 2.75) is 105 Å². The van der Waals surface area contributed by atoms with Gasteiger partial charge in [-0.1, -0.05) is 150 Å². The predicted octanol–water partition coefficient (Wildman–Crippen LogP) is 19.1.